The lowest BCUT2D eigenvalue weighted by atomic mass is 9.50. The van der Waals surface area contributed by atoms with Gasteiger partial charge in [-0.2, -0.15) is 0 Å². The van der Waals surface area contributed by atoms with Gasteiger partial charge in [0, 0.05) is 45.1 Å². The van der Waals surface area contributed by atoms with Crippen molar-refractivity contribution in [3.63, 3.8) is 0 Å². The minimum atomic E-state index is -1.30. The summed E-state index contributed by atoms with van der Waals surface area (Å²) in [5.74, 6) is -0.147. The molecule has 1 amide bonds. The third-order valence-electron chi connectivity index (χ3n) is 7.81. The number of methoxy groups -OCH3 is 4. The summed E-state index contributed by atoms with van der Waals surface area (Å²) in [6, 6.07) is 3.83. The molecule has 0 aromatic heterocycles. The van der Waals surface area contributed by atoms with E-state index < -0.39 is 28.9 Å². The van der Waals surface area contributed by atoms with Crippen LogP contribution < -0.4 is 9.47 Å². The Hall–Kier alpha value is -1.87. The van der Waals surface area contributed by atoms with Crippen molar-refractivity contribution in [2.45, 2.75) is 54.3 Å². The van der Waals surface area contributed by atoms with Crippen molar-refractivity contribution in [2.75, 3.05) is 35.5 Å². The molecule has 1 aromatic rings. The molecule has 8 heteroatoms. The molecule has 5 rings (SSSR count). The highest BCUT2D eigenvalue weighted by molar-refractivity contribution is 5.85. The number of hydrogen-bond acceptors (Lipinski definition) is 7. The van der Waals surface area contributed by atoms with E-state index >= 15 is 0 Å². The van der Waals surface area contributed by atoms with E-state index in [0.29, 0.717) is 24.3 Å². The second-order valence-electron chi connectivity index (χ2n) is 8.45. The molecule has 29 heavy (non-hydrogen) atoms. The van der Waals surface area contributed by atoms with Gasteiger partial charge in [-0.15, -0.1) is 0 Å². The van der Waals surface area contributed by atoms with Crippen LogP contribution in [0.2, 0.25) is 0 Å². The Kier molecular flexibility index (Phi) is 3.85. The minimum Gasteiger partial charge on any atom is -0.493 e. The van der Waals surface area contributed by atoms with Gasteiger partial charge in [-0.3, -0.25) is 4.79 Å². The molecule has 2 aliphatic heterocycles. The van der Waals surface area contributed by atoms with Gasteiger partial charge in [-0.25, -0.2) is 0 Å². The number of likely N-dealkylation sites (tertiary alicyclic amines) is 1. The molecule has 1 aromatic carbocycles. The highest BCUT2D eigenvalue weighted by atomic mass is 16.7. The van der Waals surface area contributed by atoms with Gasteiger partial charge in [-0.1, -0.05) is 6.07 Å². The molecule has 8 nitrogen and oxygen atoms in total. The second-order valence-corrected chi connectivity index (χ2v) is 8.45. The van der Waals surface area contributed by atoms with E-state index in [2.05, 4.69) is 0 Å². The minimum absolute atomic E-state index is 0.0163. The van der Waals surface area contributed by atoms with Crippen molar-refractivity contribution in [3.8, 4) is 11.5 Å². The summed E-state index contributed by atoms with van der Waals surface area (Å²) in [4.78, 5) is 15.0. The normalized spacial score (nSPS) is 41.9. The number of carbonyl (C=O) groups excluding carboxylic acids is 1. The average Bonchev–Trinajstić information content (AvgIpc) is 3.17. The van der Waals surface area contributed by atoms with Crippen molar-refractivity contribution in [1.29, 1.82) is 0 Å². The van der Waals surface area contributed by atoms with Crippen LogP contribution in [0.1, 0.15) is 36.5 Å². The van der Waals surface area contributed by atoms with Crippen LogP contribution in [-0.2, 0) is 24.4 Å². The molecule has 0 radical (unpaired) electrons. The van der Waals surface area contributed by atoms with E-state index in [9.17, 15) is 9.90 Å². The maximum Gasteiger partial charge on any atom is 0.223 e. The number of benzene rings is 1. The zero-order chi connectivity index (χ0) is 20.8. The lowest BCUT2D eigenvalue weighted by Gasteiger charge is -2.60. The first-order valence-electron chi connectivity index (χ1n) is 9.83. The highest BCUT2D eigenvalue weighted by Gasteiger charge is 2.84. The number of nitrogens with zero attached hydrogens (tertiary/aromatic N) is 1. The molecule has 1 N–H and O–H groups in total. The van der Waals surface area contributed by atoms with Gasteiger partial charge in [0.1, 0.15) is 11.6 Å². The van der Waals surface area contributed by atoms with Gasteiger partial charge < -0.3 is 33.7 Å². The maximum atomic E-state index is 13.2. The van der Waals surface area contributed by atoms with E-state index in [0.717, 1.165) is 11.1 Å². The molecule has 4 aliphatic rings. The smallest absolute Gasteiger partial charge is 0.223 e. The molecule has 1 saturated carbocycles. The molecule has 1 spiro atoms. The van der Waals surface area contributed by atoms with Crippen LogP contribution >= 0.6 is 0 Å². The van der Waals surface area contributed by atoms with E-state index in [1.54, 1.807) is 33.3 Å². The molecule has 2 aliphatic carbocycles. The Morgan fingerprint density at radius 2 is 1.93 bits per heavy atom. The largest absolute Gasteiger partial charge is 0.493 e. The maximum absolute atomic E-state index is 13.2. The first-order chi connectivity index (χ1) is 13.9. The third-order valence-corrected chi connectivity index (χ3v) is 7.81. The number of hydrogen-bond donors (Lipinski definition) is 1. The van der Waals surface area contributed by atoms with Crippen LogP contribution in [0, 0.1) is 0 Å². The summed E-state index contributed by atoms with van der Waals surface area (Å²) in [7, 11) is 8.08. The Morgan fingerprint density at radius 1 is 1.17 bits per heavy atom. The van der Waals surface area contributed by atoms with Gasteiger partial charge in [0.2, 0.25) is 11.7 Å². The predicted molar refractivity (Wildman–Crippen MR) is 101 cm³/mol. The van der Waals surface area contributed by atoms with Crippen molar-refractivity contribution in [1.82, 2.24) is 4.90 Å². The van der Waals surface area contributed by atoms with Crippen LogP contribution in [0.3, 0.4) is 0 Å². The van der Waals surface area contributed by atoms with Gasteiger partial charge in [0.15, 0.2) is 11.5 Å². The monoisotopic (exact) mass is 405 g/mol. The van der Waals surface area contributed by atoms with Crippen molar-refractivity contribution >= 4 is 5.91 Å². The first kappa shape index (κ1) is 19.1. The zero-order valence-corrected chi connectivity index (χ0v) is 17.4. The molecule has 2 heterocycles. The van der Waals surface area contributed by atoms with Crippen LogP contribution in [0.15, 0.2) is 12.1 Å². The Labute approximate surface area is 169 Å². The molecule has 158 valence electrons. The van der Waals surface area contributed by atoms with Gasteiger partial charge in [0.25, 0.3) is 0 Å². The summed E-state index contributed by atoms with van der Waals surface area (Å²) in [5.41, 5.74) is 0.235. The van der Waals surface area contributed by atoms with Crippen molar-refractivity contribution in [3.05, 3.63) is 23.3 Å². The second kappa shape index (κ2) is 5.85. The number of aliphatic hydroxyl groups excluding tert-OH is 1. The van der Waals surface area contributed by atoms with E-state index in [1.807, 2.05) is 12.1 Å². The van der Waals surface area contributed by atoms with E-state index in [-0.39, 0.29) is 18.4 Å². The summed E-state index contributed by atoms with van der Waals surface area (Å²) < 4.78 is 29.8. The summed E-state index contributed by atoms with van der Waals surface area (Å²) in [6.07, 6.45) is -0.810. The average molecular weight is 405 g/mol. The number of ether oxygens (including phenoxy) is 5. The first-order valence-corrected chi connectivity index (χ1v) is 9.83. The lowest BCUT2D eigenvalue weighted by molar-refractivity contribution is -0.338. The molecular formula is C21H27NO7. The fraction of sp³-hybridized carbons (Fsp3) is 0.667. The molecule has 0 unspecified atom stereocenters. The van der Waals surface area contributed by atoms with E-state index in [1.165, 1.54) is 7.11 Å². The van der Waals surface area contributed by atoms with Gasteiger partial charge in [0.05, 0.1) is 26.4 Å². The summed E-state index contributed by atoms with van der Waals surface area (Å²) >= 11 is 0. The third kappa shape index (κ3) is 1.79. The number of fused-ring (bicyclic) bond motifs is 3. The summed E-state index contributed by atoms with van der Waals surface area (Å²) in [5, 5.41) is 11.2. The number of amides is 1. The standard InChI is InChI=1S/C21H27NO7/c1-22-15(24)10-19-8-12(23)18(27-4)21(28-5)20(19,22)9-14(29-21)11-6-7-13(25-2)17(26-3)16(11)19/h6-7,12,14,18,23H,8-10H2,1-5H3/t12-,14-,18-,19+,20-,21+/m0/s1. The fourth-order valence-corrected chi connectivity index (χ4v) is 6.90. The Balaban J connectivity index is 1.91. The fourth-order valence-electron chi connectivity index (χ4n) is 6.90. The van der Waals surface area contributed by atoms with Crippen molar-refractivity contribution in [2.24, 2.45) is 0 Å². The van der Waals surface area contributed by atoms with Gasteiger partial charge >= 0.3 is 0 Å². The Bertz CT molecular complexity index is 890. The molecule has 2 bridgehead atoms. The molecule has 6 atom stereocenters. The Morgan fingerprint density at radius 3 is 2.55 bits per heavy atom. The van der Waals surface area contributed by atoms with Crippen LogP contribution in [0.25, 0.3) is 0 Å². The molecular weight excluding hydrogens is 378 g/mol. The number of aliphatic hydroxyl groups is 1. The molecule has 3 fully saturated rings. The van der Waals surface area contributed by atoms with Crippen LogP contribution in [0.5, 0.6) is 11.5 Å². The zero-order valence-electron chi connectivity index (χ0n) is 17.4. The quantitative estimate of drug-likeness (QED) is 0.804. The van der Waals surface area contributed by atoms with Crippen molar-refractivity contribution < 1.29 is 33.6 Å². The number of rotatable bonds is 4. The molecule has 2 saturated heterocycles. The number of likely N-dealkylation sites (N-methyl/N-ethyl adjacent to an activating group) is 1. The summed E-state index contributed by atoms with van der Waals surface area (Å²) in [6.45, 7) is 0. The topological polar surface area (TPSA) is 86.7 Å². The predicted octanol–water partition coefficient (Wildman–Crippen LogP) is 1.14. The number of carbonyl (C=O) groups is 1. The lowest BCUT2D eigenvalue weighted by Crippen LogP contribution is -2.77. The van der Waals surface area contributed by atoms with Crippen LogP contribution in [-0.4, -0.2) is 74.9 Å². The van der Waals surface area contributed by atoms with E-state index in [4.69, 9.17) is 23.7 Å². The van der Waals surface area contributed by atoms with Gasteiger partial charge in [-0.05, 0) is 18.1 Å². The van der Waals surface area contributed by atoms with Crippen LogP contribution in [0.4, 0.5) is 0 Å². The highest BCUT2D eigenvalue weighted by Crippen LogP contribution is 2.73. The SMILES string of the molecule is COc1ccc2c(c1OC)[C@@]13CC(=O)N(C)[C@@]14C[C@@H]2O[C@]4(OC)[C@@H](OC)[C@@H](O)C3.